The number of benzene rings is 1. The van der Waals surface area contributed by atoms with Crippen LogP contribution in [0.1, 0.15) is 42.1 Å². The van der Waals surface area contributed by atoms with Crippen LogP contribution < -0.4 is 0 Å². The van der Waals surface area contributed by atoms with Gasteiger partial charge in [0.2, 0.25) is 5.91 Å². The molecular formula is C20H29NO5. The summed E-state index contributed by atoms with van der Waals surface area (Å²) in [6.45, 7) is 4.96. The molecular weight excluding hydrogens is 334 g/mol. The standard InChI is InChI=1S/C20H29NO5/c1-15-6-8-17(9-7-15)18(22)10-11-19(23)21(12-5-13-25-3)14-16(2)20(24)26-4/h6-9,16H,5,10-14H2,1-4H3. The van der Waals surface area contributed by atoms with Gasteiger partial charge in [-0.25, -0.2) is 0 Å². The van der Waals surface area contributed by atoms with Crippen molar-refractivity contribution in [2.45, 2.75) is 33.1 Å². The number of ether oxygens (including phenoxy) is 2. The lowest BCUT2D eigenvalue weighted by atomic mass is 10.0. The fraction of sp³-hybridized carbons (Fsp3) is 0.550. The molecule has 1 aromatic rings. The van der Waals surface area contributed by atoms with Crippen LogP contribution >= 0.6 is 0 Å². The molecule has 0 aliphatic rings. The quantitative estimate of drug-likeness (QED) is 0.343. The van der Waals surface area contributed by atoms with Crippen LogP contribution in [-0.2, 0) is 19.1 Å². The Balaban J connectivity index is 2.63. The molecule has 0 heterocycles. The molecule has 0 fully saturated rings. The van der Waals surface area contributed by atoms with E-state index in [2.05, 4.69) is 0 Å². The molecule has 0 saturated heterocycles. The Kier molecular flexibility index (Phi) is 9.58. The van der Waals surface area contributed by atoms with Gasteiger partial charge in [-0.05, 0) is 13.3 Å². The van der Waals surface area contributed by atoms with Crippen LogP contribution in [0.4, 0.5) is 0 Å². The maximum absolute atomic E-state index is 12.6. The van der Waals surface area contributed by atoms with E-state index in [-0.39, 0.29) is 37.0 Å². The normalized spacial score (nSPS) is 11.7. The maximum atomic E-state index is 12.6. The molecule has 1 amide bonds. The highest BCUT2D eigenvalue weighted by atomic mass is 16.5. The zero-order chi connectivity index (χ0) is 19.5. The highest BCUT2D eigenvalue weighted by molar-refractivity contribution is 5.98. The van der Waals surface area contributed by atoms with Gasteiger partial charge in [-0.1, -0.05) is 36.8 Å². The first-order valence-corrected chi connectivity index (χ1v) is 8.83. The number of carbonyl (C=O) groups is 3. The topological polar surface area (TPSA) is 72.9 Å². The Morgan fingerprint density at radius 1 is 1.08 bits per heavy atom. The van der Waals surface area contributed by atoms with Gasteiger partial charge in [0.25, 0.3) is 0 Å². The molecule has 0 aliphatic carbocycles. The molecule has 1 aromatic carbocycles. The summed E-state index contributed by atoms with van der Waals surface area (Å²) in [6.07, 6.45) is 0.935. The molecule has 0 radical (unpaired) electrons. The van der Waals surface area contributed by atoms with E-state index in [1.54, 1.807) is 31.1 Å². The molecule has 26 heavy (non-hydrogen) atoms. The minimum atomic E-state index is -0.417. The van der Waals surface area contributed by atoms with Crippen LogP contribution in [0.5, 0.6) is 0 Å². The molecule has 0 spiro atoms. The molecule has 0 aliphatic heterocycles. The number of amides is 1. The van der Waals surface area contributed by atoms with Gasteiger partial charge >= 0.3 is 5.97 Å². The van der Waals surface area contributed by atoms with Gasteiger partial charge in [0.05, 0.1) is 13.0 Å². The number of hydrogen-bond donors (Lipinski definition) is 0. The first-order valence-electron chi connectivity index (χ1n) is 8.83. The number of esters is 1. The zero-order valence-electron chi connectivity index (χ0n) is 16.1. The van der Waals surface area contributed by atoms with Gasteiger partial charge in [-0.3, -0.25) is 14.4 Å². The van der Waals surface area contributed by atoms with Crippen LogP contribution in [0.2, 0.25) is 0 Å². The van der Waals surface area contributed by atoms with Crippen molar-refractivity contribution >= 4 is 17.7 Å². The van der Waals surface area contributed by atoms with E-state index in [9.17, 15) is 14.4 Å². The third-order valence-corrected chi connectivity index (χ3v) is 4.17. The van der Waals surface area contributed by atoms with E-state index in [0.29, 0.717) is 25.1 Å². The van der Waals surface area contributed by atoms with Crippen LogP contribution in [0.15, 0.2) is 24.3 Å². The van der Waals surface area contributed by atoms with Crippen molar-refractivity contribution in [3.05, 3.63) is 35.4 Å². The van der Waals surface area contributed by atoms with Gasteiger partial charge < -0.3 is 14.4 Å². The van der Waals surface area contributed by atoms with Gasteiger partial charge in [0.1, 0.15) is 0 Å². The summed E-state index contributed by atoms with van der Waals surface area (Å²) >= 11 is 0. The number of nitrogens with zero attached hydrogens (tertiary/aromatic N) is 1. The Bertz CT molecular complexity index is 597. The molecule has 0 bridgehead atoms. The molecule has 6 nitrogen and oxygen atoms in total. The summed E-state index contributed by atoms with van der Waals surface area (Å²) < 4.78 is 9.76. The summed E-state index contributed by atoms with van der Waals surface area (Å²) in [5.74, 6) is -0.974. The predicted molar refractivity (Wildman–Crippen MR) is 99.0 cm³/mol. The molecule has 1 atom stereocenters. The maximum Gasteiger partial charge on any atom is 0.310 e. The van der Waals surface area contributed by atoms with E-state index in [1.165, 1.54) is 7.11 Å². The molecule has 1 rings (SSSR count). The highest BCUT2D eigenvalue weighted by Gasteiger charge is 2.22. The number of aryl methyl sites for hydroxylation is 1. The fourth-order valence-corrected chi connectivity index (χ4v) is 2.59. The van der Waals surface area contributed by atoms with Gasteiger partial charge in [-0.15, -0.1) is 0 Å². The number of rotatable bonds is 11. The van der Waals surface area contributed by atoms with Crippen molar-refractivity contribution < 1.29 is 23.9 Å². The van der Waals surface area contributed by atoms with Crippen LogP contribution in [0, 0.1) is 12.8 Å². The summed E-state index contributed by atoms with van der Waals surface area (Å²) in [5.41, 5.74) is 1.69. The lowest BCUT2D eigenvalue weighted by molar-refractivity contribution is -0.146. The Morgan fingerprint density at radius 3 is 2.31 bits per heavy atom. The first kappa shape index (κ1) is 21.8. The number of carbonyl (C=O) groups excluding carboxylic acids is 3. The van der Waals surface area contributed by atoms with Crippen molar-refractivity contribution in [1.29, 1.82) is 0 Å². The number of hydrogen-bond acceptors (Lipinski definition) is 5. The molecule has 0 N–H and O–H groups in total. The largest absolute Gasteiger partial charge is 0.469 e. The predicted octanol–water partition coefficient (Wildman–Crippen LogP) is 2.63. The van der Waals surface area contributed by atoms with Gasteiger partial charge in [0.15, 0.2) is 5.78 Å². The van der Waals surface area contributed by atoms with E-state index >= 15 is 0 Å². The fourth-order valence-electron chi connectivity index (χ4n) is 2.59. The Labute approximate surface area is 155 Å². The average Bonchev–Trinajstić information content (AvgIpc) is 2.64. The van der Waals surface area contributed by atoms with Crippen molar-refractivity contribution in [2.24, 2.45) is 5.92 Å². The first-order chi connectivity index (χ1) is 12.4. The van der Waals surface area contributed by atoms with Crippen molar-refractivity contribution in [1.82, 2.24) is 4.90 Å². The smallest absolute Gasteiger partial charge is 0.310 e. The monoisotopic (exact) mass is 363 g/mol. The van der Waals surface area contributed by atoms with Crippen molar-refractivity contribution in [2.75, 3.05) is 33.9 Å². The van der Waals surface area contributed by atoms with E-state index in [0.717, 1.165) is 5.56 Å². The summed E-state index contributed by atoms with van der Waals surface area (Å²) in [7, 11) is 2.93. The third-order valence-electron chi connectivity index (χ3n) is 4.17. The van der Waals surface area contributed by atoms with Crippen LogP contribution in [0.25, 0.3) is 0 Å². The average molecular weight is 363 g/mol. The minimum Gasteiger partial charge on any atom is -0.469 e. The zero-order valence-corrected chi connectivity index (χ0v) is 16.1. The van der Waals surface area contributed by atoms with E-state index < -0.39 is 5.92 Å². The van der Waals surface area contributed by atoms with Crippen LogP contribution in [-0.4, -0.2) is 56.5 Å². The molecule has 144 valence electrons. The minimum absolute atomic E-state index is 0.0591. The molecule has 6 heteroatoms. The Morgan fingerprint density at radius 2 is 1.73 bits per heavy atom. The molecule has 0 aromatic heterocycles. The SMILES string of the molecule is COCCCN(CC(C)C(=O)OC)C(=O)CCC(=O)c1ccc(C)cc1. The second-order valence-electron chi connectivity index (χ2n) is 6.40. The Hall–Kier alpha value is -2.21. The molecule has 1 unspecified atom stereocenters. The number of Topliss-reactive ketones (excluding diaryl/α,β-unsaturated/α-hetero) is 1. The lowest BCUT2D eigenvalue weighted by Gasteiger charge is -2.25. The summed E-state index contributed by atoms with van der Waals surface area (Å²) in [5, 5.41) is 0. The number of ketones is 1. The lowest BCUT2D eigenvalue weighted by Crippen LogP contribution is -2.38. The molecule has 0 saturated carbocycles. The highest BCUT2D eigenvalue weighted by Crippen LogP contribution is 2.11. The second kappa shape index (κ2) is 11.4. The third kappa shape index (κ3) is 7.35. The van der Waals surface area contributed by atoms with Gasteiger partial charge in [-0.2, -0.15) is 0 Å². The summed E-state index contributed by atoms with van der Waals surface area (Å²) in [4.78, 5) is 38.1. The summed E-state index contributed by atoms with van der Waals surface area (Å²) in [6, 6.07) is 7.31. The van der Waals surface area contributed by atoms with Crippen LogP contribution in [0.3, 0.4) is 0 Å². The van der Waals surface area contributed by atoms with Gasteiger partial charge in [0, 0.05) is 45.2 Å². The van der Waals surface area contributed by atoms with E-state index in [1.807, 2.05) is 19.1 Å². The number of methoxy groups -OCH3 is 2. The second-order valence-corrected chi connectivity index (χ2v) is 6.40. The van der Waals surface area contributed by atoms with Crippen molar-refractivity contribution in [3.63, 3.8) is 0 Å². The van der Waals surface area contributed by atoms with Crippen molar-refractivity contribution in [3.8, 4) is 0 Å². The van der Waals surface area contributed by atoms with E-state index in [4.69, 9.17) is 9.47 Å².